The van der Waals surface area contributed by atoms with E-state index < -0.39 is 0 Å². The first-order chi connectivity index (χ1) is 7.33. The molecule has 1 aliphatic rings. The standard InChI is InChI=1S/C13H16O2/c1-14-12-7-11(8-13(9-12)15-2)10-5-3-4-6-10/h5,7-9H,3-4,6H2,1-2H3. The van der Waals surface area contributed by atoms with Crippen molar-refractivity contribution in [2.24, 2.45) is 0 Å². The summed E-state index contributed by atoms with van der Waals surface area (Å²) >= 11 is 0. The fourth-order valence-corrected chi connectivity index (χ4v) is 1.93. The normalized spacial score (nSPS) is 14.9. The molecule has 80 valence electrons. The molecule has 0 spiro atoms. The van der Waals surface area contributed by atoms with E-state index in [1.807, 2.05) is 6.07 Å². The van der Waals surface area contributed by atoms with Crippen LogP contribution >= 0.6 is 0 Å². The fourth-order valence-electron chi connectivity index (χ4n) is 1.93. The van der Waals surface area contributed by atoms with Gasteiger partial charge >= 0.3 is 0 Å². The van der Waals surface area contributed by atoms with Gasteiger partial charge in [-0.1, -0.05) is 6.08 Å². The predicted octanol–water partition coefficient (Wildman–Crippen LogP) is 3.27. The van der Waals surface area contributed by atoms with E-state index >= 15 is 0 Å². The summed E-state index contributed by atoms with van der Waals surface area (Å²) in [6.45, 7) is 0. The van der Waals surface area contributed by atoms with E-state index in [-0.39, 0.29) is 0 Å². The molecule has 1 aromatic rings. The quantitative estimate of drug-likeness (QED) is 0.752. The van der Waals surface area contributed by atoms with Gasteiger partial charge in [0.15, 0.2) is 0 Å². The number of ether oxygens (including phenoxy) is 2. The number of rotatable bonds is 3. The number of hydrogen-bond acceptors (Lipinski definition) is 2. The third kappa shape index (κ3) is 2.14. The van der Waals surface area contributed by atoms with E-state index in [2.05, 4.69) is 18.2 Å². The zero-order valence-corrected chi connectivity index (χ0v) is 9.25. The summed E-state index contributed by atoms with van der Waals surface area (Å²) in [6, 6.07) is 6.04. The maximum atomic E-state index is 5.25. The molecule has 1 aliphatic carbocycles. The van der Waals surface area contributed by atoms with E-state index in [1.165, 1.54) is 24.0 Å². The highest BCUT2D eigenvalue weighted by Gasteiger charge is 2.09. The van der Waals surface area contributed by atoms with E-state index in [0.717, 1.165) is 17.9 Å². The van der Waals surface area contributed by atoms with Gasteiger partial charge in [-0.2, -0.15) is 0 Å². The highest BCUT2D eigenvalue weighted by molar-refractivity contribution is 5.69. The third-order valence-corrected chi connectivity index (χ3v) is 2.76. The molecule has 2 heteroatoms. The summed E-state index contributed by atoms with van der Waals surface area (Å²) < 4.78 is 10.5. The molecule has 0 atom stereocenters. The number of allylic oxidation sites excluding steroid dienone is 2. The molecule has 2 rings (SSSR count). The monoisotopic (exact) mass is 204 g/mol. The van der Waals surface area contributed by atoms with Crippen molar-refractivity contribution in [1.82, 2.24) is 0 Å². The summed E-state index contributed by atoms with van der Waals surface area (Å²) in [6.07, 6.45) is 5.91. The third-order valence-electron chi connectivity index (χ3n) is 2.76. The Bertz CT molecular complexity index is 358. The van der Waals surface area contributed by atoms with Crippen LogP contribution in [0.25, 0.3) is 5.57 Å². The van der Waals surface area contributed by atoms with Gasteiger partial charge in [-0.15, -0.1) is 0 Å². The van der Waals surface area contributed by atoms with Gasteiger partial charge in [0.25, 0.3) is 0 Å². The molecule has 0 unspecified atom stereocenters. The van der Waals surface area contributed by atoms with Crippen LogP contribution in [0.3, 0.4) is 0 Å². The van der Waals surface area contributed by atoms with Crippen molar-refractivity contribution < 1.29 is 9.47 Å². The first-order valence-corrected chi connectivity index (χ1v) is 5.26. The topological polar surface area (TPSA) is 18.5 Å². The average molecular weight is 204 g/mol. The van der Waals surface area contributed by atoms with Crippen LogP contribution in [0.2, 0.25) is 0 Å². The van der Waals surface area contributed by atoms with Gasteiger partial charge in [0, 0.05) is 6.07 Å². The SMILES string of the molecule is COc1cc(OC)cc(C2=CCCC2)c1. The highest BCUT2D eigenvalue weighted by Crippen LogP contribution is 2.32. The fraction of sp³-hybridized carbons (Fsp3) is 0.385. The van der Waals surface area contributed by atoms with Crippen molar-refractivity contribution in [3.05, 3.63) is 29.8 Å². The molecule has 0 bridgehead atoms. The Kier molecular flexibility index (Phi) is 2.95. The smallest absolute Gasteiger partial charge is 0.123 e. The summed E-state index contributed by atoms with van der Waals surface area (Å²) in [7, 11) is 3.36. The van der Waals surface area contributed by atoms with Gasteiger partial charge in [0.2, 0.25) is 0 Å². The van der Waals surface area contributed by atoms with Gasteiger partial charge in [-0.25, -0.2) is 0 Å². The Morgan fingerprint density at radius 1 is 1.00 bits per heavy atom. The molecule has 0 aliphatic heterocycles. The minimum absolute atomic E-state index is 0.858. The molecule has 0 saturated heterocycles. The van der Waals surface area contributed by atoms with Crippen molar-refractivity contribution in [2.45, 2.75) is 19.3 Å². The van der Waals surface area contributed by atoms with Crippen molar-refractivity contribution in [2.75, 3.05) is 14.2 Å². The Labute approximate surface area is 90.5 Å². The molecule has 0 aromatic heterocycles. The summed E-state index contributed by atoms with van der Waals surface area (Å²) in [5.74, 6) is 1.72. The van der Waals surface area contributed by atoms with Crippen molar-refractivity contribution >= 4 is 5.57 Å². The molecule has 15 heavy (non-hydrogen) atoms. The number of methoxy groups -OCH3 is 2. The second-order valence-electron chi connectivity index (χ2n) is 3.72. The Morgan fingerprint density at radius 3 is 2.13 bits per heavy atom. The lowest BCUT2D eigenvalue weighted by molar-refractivity contribution is 0.394. The van der Waals surface area contributed by atoms with Gasteiger partial charge in [-0.05, 0) is 42.5 Å². The minimum atomic E-state index is 0.858. The van der Waals surface area contributed by atoms with Crippen molar-refractivity contribution in [1.29, 1.82) is 0 Å². The molecule has 0 amide bonds. The molecule has 0 fully saturated rings. The lowest BCUT2D eigenvalue weighted by Gasteiger charge is -2.08. The van der Waals surface area contributed by atoms with Crippen LogP contribution in [-0.2, 0) is 0 Å². The van der Waals surface area contributed by atoms with E-state index in [1.54, 1.807) is 14.2 Å². The van der Waals surface area contributed by atoms with Crippen molar-refractivity contribution in [3.63, 3.8) is 0 Å². The van der Waals surface area contributed by atoms with Crippen LogP contribution in [0, 0.1) is 0 Å². The average Bonchev–Trinajstić information content (AvgIpc) is 2.81. The molecule has 0 N–H and O–H groups in total. The molecule has 0 radical (unpaired) electrons. The molecular weight excluding hydrogens is 188 g/mol. The van der Waals surface area contributed by atoms with Gasteiger partial charge in [0.05, 0.1) is 14.2 Å². The van der Waals surface area contributed by atoms with Crippen LogP contribution in [-0.4, -0.2) is 14.2 Å². The predicted molar refractivity (Wildman–Crippen MR) is 61.4 cm³/mol. The Balaban J connectivity index is 2.37. The summed E-state index contributed by atoms with van der Waals surface area (Å²) in [5.41, 5.74) is 2.64. The zero-order valence-electron chi connectivity index (χ0n) is 9.25. The van der Waals surface area contributed by atoms with E-state index in [0.29, 0.717) is 0 Å². The van der Waals surface area contributed by atoms with Crippen LogP contribution < -0.4 is 9.47 Å². The van der Waals surface area contributed by atoms with Crippen LogP contribution in [0.1, 0.15) is 24.8 Å². The minimum Gasteiger partial charge on any atom is -0.497 e. The van der Waals surface area contributed by atoms with Gasteiger partial charge < -0.3 is 9.47 Å². The zero-order chi connectivity index (χ0) is 10.7. The molecular formula is C13H16O2. The summed E-state index contributed by atoms with van der Waals surface area (Å²) in [4.78, 5) is 0. The lowest BCUT2D eigenvalue weighted by atomic mass is 10.0. The molecule has 1 aromatic carbocycles. The van der Waals surface area contributed by atoms with Crippen LogP contribution in [0.15, 0.2) is 24.3 Å². The Morgan fingerprint density at radius 2 is 1.67 bits per heavy atom. The maximum Gasteiger partial charge on any atom is 0.123 e. The van der Waals surface area contributed by atoms with Crippen LogP contribution in [0.5, 0.6) is 11.5 Å². The van der Waals surface area contributed by atoms with Gasteiger partial charge in [0.1, 0.15) is 11.5 Å². The first-order valence-electron chi connectivity index (χ1n) is 5.26. The van der Waals surface area contributed by atoms with Crippen molar-refractivity contribution in [3.8, 4) is 11.5 Å². The van der Waals surface area contributed by atoms with E-state index in [4.69, 9.17) is 9.47 Å². The number of benzene rings is 1. The maximum absolute atomic E-state index is 5.25. The molecule has 0 heterocycles. The lowest BCUT2D eigenvalue weighted by Crippen LogP contribution is -1.90. The number of hydrogen-bond donors (Lipinski definition) is 0. The Hall–Kier alpha value is -1.44. The van der Waals surface area contributed by atoms with Gasteiger partial charge in [-0.3, -0.25) is 0 Å². The largest absolute Gasteiger partial charge is 0.497 e. The second kappa shape index (κ2) is 4.39. The molecule has 2 nitrogen and oxygen atoms in total. The summed E-state index contributed by atoms with van der Waals surface area (Å²) in [5, 5.41) is 0. The second-order valence-corrected chi connectivity index (χ2v) is 3.72. The first kappa shape index (κ1) is 10.1. The van der Waals surface area contributed by atoms with E-state index in [9.17, 15) is 0 Å². The molecule has 0 saturated carbocycles. The van der Waals surface area contributed by atoms with Crippen LogP contribution in [0.4, 0.5) is 0 Å². The highest BCUT2D eigenvalue weighted by atomic mass is 16.5.